The summed E-state index contributed by atoms with van der Waals surface area (Å²) in [6.45, 7) is 12.1. The summed E-state index contributed by atoms with van der Waals surface area (Å²) in [7, 11) is 0. The molecule has 0 saturated carbocycles. The zero-order valence-corrected chi connectivity index (χ0v) is 13.5. The molecule has 2 atom stereocenters. The van der Waals surface area contributed by atoms with Crippen molar-refractivity contribution in [2.75, 3.05) is 13.2 Å². The molecule has 0 aromatic carbocycles. The lowest BCUT2D eigenvalue weighted by Crippen LogP contribution is -2.24. The molecule has 0 aliphatic rings. The molecule has 0 aromatic heterocycles. The maximum absolute atomic E-state index is 11.9. The van der Waals surface area contributed by atoms with Crippen molar-refractivity contribution in [1.82, 2.24) is 0 Å². The van der Waals surface area contributed by atoms with Gasteiger partial charge >= 0.3 is 11.9 Å². The van der Waals surface area contributed by atoms with Crippen LogP contribution in [0.5, 0.6) is 0 Å². The number of hydrogen-bond donors (Lipinski definition) is 0. The number of carbonyl (C=O) groups excluding carboxylic acids is 2. The maximum Gasteiger partial charge on any atom is 0.313 e. The zero-order valence-electron chi connectivity index (χ0n) is 13.5. The van der Waals surface area contributed by atoms with Crippen molar-refractivity contribution in [3.63, 3.8) is 0 Å². The first-order valence-corrected chi connectivity index (χ1v) is 7.36. The molecule has 0 N–H and O–H groups in total. The highest BCUT2D eigenvalue weighted by atomic mass is 16.5. The second kappa shape index (κ2) is 9.56. The number of carbonyl (C=O) groups is 2. The van der Waals surface area contributed by atoms with E-state index in [2.05, 4.69) is 0 Å². The molecule has 20 heavy (non-hydrogen) atoms. The zero-order chi connectivity index (χ0) is 15.7. The molecule has 0 aromatic rings. The van der Waals surface area contributed by atoms with Crippen LogP contribution in [0, 0.1) is 23.7 Å². The van der Waals surface area contributed by atoms with Crippen molar-refractivity contribution in [3.8, 4) is 0 Å². The Kier molecular flexibility index (Phi) is 8.93. The third-order valence-electron chi connectivity index (χ3n) is 3.08. The molecule has 4 nitrogen and oxygen atoms in total. The number of hydrogen-bond acceptors (Lipinski definition) is 4. The number of esters is 2. The highest BCUT2D eigenvalue weighted by Gasteiger charge is 2.24. The van der Waals surface area contributed by atoms with Gasteiger partial charge in [0.05, 0.1) is 25.0 Å². The van der Waals surface area contributed by atoms with Crippen LogP contribution >= 0.6 is 0 Å². The number of rotatable bonds is 8. The first-order valence-electron chi connectivity index (χ1n) is 7.36. The van der Waals surface area contributed by atoms with Gasteiger partial charge in [-0.25, -0.2) is 0 Å². The lowest BCUT2D eigenvalue weighted by molar-refractivity contribution is -0.149. The van der Waals surface area contributed by atoms with Crippen LogP contribution in [0.1, 0.15) is 41.5 Å². The van der Waals surface area contributed by atoms with Gasteiger partial charge in [-0.1, -0.05) is 39.8 Å². The van der Waals surface area contributed by atoms with E-state index in [1.54, 1.807) is 26.0 Å². The standard InChI is InChI=1S/C16H28O4/c1-7-19-15(17)13(11(3)4)9-10-14(12(5)6)16(18)20-8-2/h9-14H,7-8H2,1-6H3. The summed E-state index contributed by atoms with van der Waals surface area (Å²) in [5, 5.41) is 0. The Morgan fingerprint density at radius 2 is 1.10 bits per heavy atom. The van der Waals surface area contributed by atoms with Crippen molar-refractivity contribution in [2.45, 2.75) is 41.5 Å². The molecule has 0 radical (unpaired) electrons. The van der Waals surface area contributed by atoms with Crippen LogP contribution in [0.25, 0.3) is 0 Å². The van der Waals surface area contributed by atoms with Crippen molar-refractivity contribution in [2.24, 2.45) is 23.7 Å². The predicted molar refractivity (Wildman–Crippen MR) is 79.1 cm³/mol. The molecule has 0 bridgehead atoms. The van der Waals surface area contributed by atoms with Gasteiger partial charge in [-0.3, -0.25) is 9.59 Å². The van der Waals surface area contributed by atoms with Gasteiger partial charge < -0.3 is 9.47 Å². The molecule has 0 amide bonds. The van der Waals surface area contributed by atoms with Crippen molar-refractivity contribution in [3.05, 3.63) is 12.2 Å². The Bertz CT molecular complexity index is 299. The summed E-state index contributed by atoms with van der Waals surface area (Å²) in [5.41, 5.74) is 0. The van der Waals surface area contributed by atoms with Gasteiger partial charge in [-0.15, -0.1) is 0 Å². The monoisotopic (exact) mass is 284 g/mol. The first-order chi connectivity index (χ1) is 9.34. The minimum absolute atomic E-state index is 0.125. The molecule has 0 rings (SSSR count). The fourth-order valence-corrected chi connectivity index (χ4v) is 1.86. The maximum atomic E-state index is 11.9. The molecule has 0 fully saturated rings. The van der Waals surface area contributed by atoms with E-state index in [1.807, 2.05) is 27.7 Å². The van der Waals surface area contributed by atoms with E-state index in [9.17, 15) is 9.59 Å². The van der Waals surface area contributed by atoms with Crippen LogP contribution < -0.4 is 0 Å². The molecule has 0 aliphatic carbocycles. The van der Waals surface area contributed by atoms with E-state index in [0.717, 1.165) is 0 Å². The summed E-state index contributed by atoms with van der Waals surface area (Å²) in [6.07, 6.45) is 3.56. The second-order valence-corrected chi connectivity index (χ2v) is 5.43. The minimum Gasteiger partial charge on any atom is -0.466 e. The van der Waals surface area contributed by atoms with Crippen molar-refractivity contribution in [1.29, 1.82) is 0 Å². The summed E-state index contributed by atoms with van der Waals surface area (Å²) in [4.78, 5) is 23.7. The molecule has 116 valence electrons. The predicted octanol–water partition coefficient (Wildman–Crippen LogP) is 3.21. The van der Waals surface area contributed by atoms with Crippen LogP contribution in [-0.2, 0) is 19.1 Å². The highest BCUT2D eigenvalue weighted by Crippen LogP contribution is 2.20. The van der Waals surface area contributed by atoms with E-state index in [1.165, 1.54) is 0 Å². The lowest BCUT2D eigenvalue weighted by Gasteiger charge is -2.18. The molecule has 0 saturated heterocycles. The van der Waals surface area contributed by atoms with E-state index < -0.39 is 0 Å². The molecule has 4 heteroatoms. The SMILES string of the molecule is CCOC(=O)C(C=CC(C(=O)OCC)C(C)C)C(C)C. The van der Waals surface area contributed by atoms with Gasteiger partial charge in [-0.05, 0) is 25.7 Å². The van der Waals surface area contributed by atoms with Crippen molar-refractivity contribution >= 4 is 11.9 Å². The Morgan fingerprint density at radius 3 is 1.30 bits per heavy atom. The third-order valence-corrected chi connectivity index (χ3v) is 3.08. The van der Waals surface area contributed by atoms with Gasteiger partial charge in [-0.2, -0.15) is 0 Å². The van der Waals surface area contributed by atoms with E-state index in [0.29, 0.717) is 13.2 Å². The van der Waals surface area contributed by atoms with Crippen LogP contribution in [0.2, 0.25) is 0 Å². The average Bonchev–Trinajstić information content (AvgIpc) is 2.33. The second-order valence-electron chi connectivity index (χ2n) is 5.43. The summed E-state index contributed by atoms with van der Waals surface area (Å²) in [5.74, 6) is -0.896. The van der Waals surface area contributed by atoms with Crippen LogP contribution in [0.4, 0.5) is 0 Å². The third kappa shape index (κ3) is 6.22. The lowest BCUT2D eigenvalue weighted by atomic mass is 9.90. The fraction of sp³-hybridized carbons (Fsp3) is 0.750. The van der Waals surface area contributed by atoms with E-state index >= 15 is 0 Å². The van der Waals surface area contributed by atoms with Gasteiger partial charge in [0, 0.05) is 0 Å². The van der Waals surface area contributed by atoms with Gasteiger partial charge in [0.1, 0.15) is 0 Å². The summed E-state index contributed by atoms with van der Waals surface area (Å²) >= 11 is 0. The Labute approximate surface area is 122 Å². The van der Waals surface area contributed by atoms with Crippen LogP contribution in [0.3, 0.4) is 0 Å². The largest absolute Gasteiger partial charge is 0.466 e. The molecule has 0 spiro atoms. The average molecular weight is 284 g/mol. The quantitative estimate of drug-likeness (QED) is 0.507. The molecular weight excluding hydrogens is 256 g/mol. The Hall–Kier alpha value is -1.32. The van der Waals surface area contributed by atoms with Crippen LogP contribution in [0.15, 0.2) is 12.2 Å². The van der Waals surface area contributed by atoms with Crippen LogP contribution in [-0.4, -0.2) is 25.2 Å². The minimum atomic E-state index is -0.328. The molecule has 0 heterocycles. The van der Waals surface area contributed by atoms with Gasteiger partial charge in [0.2, 0.25) is 0 Å². The fourth-order valence-electron chi connectivity index (χ4n) is 1.86. The molecule has 2 unspecified atom stereocenters. The van der Waals surface area contributed by atoms with Gasteiger partial charge in [0.15, 0.2) is 0 Å². The van der Waals surface area contributed by atoms with E-state index in [-0.39, 0.29) is 35.6 Å². The topological polar surface area (TPSA) is 52.6 Å². The molecular formula is C16H28O4. The first kappa shape index (κ1) is 18.7. The summed E-state index contributed by atoms with van der Waals surface area (Å²) < 4.78 is 10.1. The van der Waals surface area contributed by atoms with Gasteiger partial charge in [0.25, 0.3) is 0 Å². The van der Waals surface area contributed by atoms with Crippen molar-refractivity contribution < 1.29 is 19.1 Å². The Morgan fingerprint density at radius 1 is 0.800 bits per heavy atom. The highest BCUT2D eigenvalue weighted by molar-refractivity contribution is 5.77. The molecule has 0 aliphatic heterocycles. The Balaban J connectivity index is 4.96. The normalized spacial score (nSPS) is 14.6. The van der Waals surface area contributed by atoms with E-state index in [4.69, 9.17) is 9.47 Å². The number of ether oxygens (including phenoxy) is 2. The summed E-state index contributed by atoms with van der Waals surface area (Å²) in [6, 6.07) is 0. The smallest absolute Gasteiger partial charge is 0.313 e.